The van der Waals surface area contributed by atoms with E-state index >= 15 is 0 Å². The van der Waals surface area contributed by atoms with Crippen LogP contribution in [0.25, 0.3) is 0 Å². The smallest absolute Gasteiger partial charge is 0.414 e. The van der Waals surface area contributed by atoms with Gasteiger partial charge < -0.3 is 14.9 Å². The van der Waals surface area contributed by atoms with Crippen LogP contribution in [-0.2, 0) is 15.0 Å². The molecule has 2 N–H and O–H groups in total. The van der Waals surface area contributed by atoms with Gasteiger partial charge >= 0.3 is 11.9 Å². The van der Waals surface area contributed by atoms with Gasteiger partial charge in [0, 0.05) is 17.1 Å². The van der Waals surface area contributed by atoms with Gasteiger partial charge in [0.1, 0.15) is 12.4 Å². The second-order valence-electron chi connectivity index (χ2n) is 6.90. The third kappa shape index (κ3) is 7.75. The number of benzene rings is 1. The van der Waals surface area contributed by atoms with Crippen LogP contribution in [0, 0.1) is 0 Å². The van der Waals surface area contributed by atoms with E-state index in [-0.39, 0.29) is 5.41 Å². The van der Waals surface area contributed by atoms with Crippen molar-refractivity contribution in [2.45, 2.75) is 39.0 Å². The van der Waals surface area contributed by atoms with Gasteiger partial charge in [-0.1, -0.05) is 32.4 Å². The summed E-state index contributed by atoms with van der Waals surface area (Å²) in [6.07, 6.45) is 2.66. The molecule has 0 bridgehead atoms. The van der Waals surface area contributed by atoms with Gasteiger partial charge in [-0.25, -0.2) is 9.59 Å². The van der Waals surface area contributed by atoms with Crippen LogP contribution in [0.3, 0.4) is 0 Å². The minimum absolute atomic E-state index is 0.0495. The van der Waals surface area contributed by atoms with Crippen LogP contribution in [0.5, 0.6) is 5.75 Å². The number of carboxylic acid groups (broad SMARTS) is 2. The van der Waals surface area contributed by atoms with E-state index in [1.54, 1.807) is 0 Å². The Labute approximate surface area is 153 Å². The molecule has 0 aliphatic carbocycles. The van der Waals surface area contributed by atoms with Gasteiger partial charge in [0.2, 0.25) is 0 Å². The van der Waals surface area contributed by atoms with E-state index in [2.05, 4.69) is 25.7 Å². The van der Waals surface area contributed by atoms with Crippen molar-refractivity contribution in [2.75, 3.05) is 26.2 Å². The fourth-order valence-corrected chi connectivity index (χ4v) is 2.68. The number of nitrogens with zero attached hydrogens (tertiary/aromatic N) is 1. The fraction of sp³-hybridized carbons (Fsp3) is 0.556. The number of hydrogen-bond donors (Lipinski definition) is 2. The van der Waals surface area contributed by atoms with Crippen molar-refractivity contribution >= 4 is 23.5 Å². The van der Waals surface area contributed by atoms with Crippen LogP contribution in [-0.4, -0.2) is 53.3 Å². The Morgan fingerprint density at radius 1 is 1.16 bits per heavy atom. The van der Waals surface area contributed by atoms with E-state index in [4.69, 9.17) is 36.1 Å². The number of aliphatic carboxylic acids is 2. The lowest BCUT2D eigenvalue weighted by Crippen LogP contribution is -2.25. The molecule has 0 aromatic heterocycles. The molecular formula is C18H26ClNO5. The number of carboxylic acids is 2. The van der Waals surface area contributed by atoms with E-state index in [0.29, 0.717) is 0 Å². The molecule has 25 heavy (non-hydrogen) atoms. The lowest BCUT2D eigenvalue weighted by molar-refractivity contribution is -0.159. The maximum atomic E-state index is 9.10. The summed E-state index contributed by atoms with van der Waals surface area (Å²) < 4.78 is 5.98. The first-order chi connectivity index (χ1) is 11.6. The Morgan fingerprint density at radius 2 is 1.72 bits per heavy atom. The van der Waals surface area contributed by atoms with E-state index in [1.807, 2.05) is 18.2 Å². The molecule has 1 heterocycles. The highest BCUT2D eigenvalue weighted by atomic mass is 35.5. The Hall–Kier alpha value is -1.79. The molecule has 1 saturated heterocycles. The van der Waals surface area contributed by atoms with Gasteiger partial charge in [-0.05, 0) is 49.5 Å². The highest BCUT2D eigenvalue weighted by Gasteiger charge is 2.20. The number of likely N-dealkylation sites (tertiary alicyclic amines) is 1. The molecule has 2 rings (SSSR count). The first-order valence-electron chi connectivity index (χ1n) is 8.22. The first-order valence-corrected chi connectivity index (χ1v) is 8.60. The SMILES string of the molecule is CC(C)(C)c1cc(Cl)ccc1OCCN1CCCC1.O=C(O)C(=O)O. The molecule has 1 fully saturated rings. The van der Waals surface area contributed by atoms with Gasteiger partial charge in [-0.15, -0.1) is 0 Å². The Kier molecular flexibility index (Phi) is 8.19. The summed E-state index contributed by atoms with van der Waals surface area (Å²) in [5.41, 5.74) is 1.23. The van der Waals surface area contributed by atoms with Crippen molar-refractivity contribution < 1.29 is 24.5 Å². The molecule has 0 radical (unpaired) electrons. The van der Waals surface area contributed by atoms with Crippen molar-refractivity contribution in [1.29, 1.82) is 0 Å². The van der Waals surface area contributed by atoms with Gasteiger partial charge in [-0.2, -0.15) is 0 Å². The third-order valence-corrected chi connectivity index (χ3v) is 4.03. The third-order valence-electron chi connectivity index (χ3n) is 3.80. The summed E-state index contributed by atoms with van der Waals surface area (Å²) in [6, 6.07) is 5.92. The summed E-state index contributed by atoms with van der Waals surface area (Å²) in [5.74, 6) is -2.68. The van der Waals surface area contributed by atoms with E-state index < -0.39 is 11.9 Å². The van der Waals surface area contributed by atoms with Crippen molar-refractivity contribution in [3.63, 3.8) is 0 Å². The Balaban J connectivity index is 0.000000450. The average molecular weight is 372 g/mol. The highest BCUT2D eigenvalue weighted by Crippen LogP contribution is 2.33. The lowest BCUT2D eigenvalue weighted by Gasteiger charge is -2.24. The minimum atomic E-state index is -1.82. The monoisotopic (exact) mass is 371 g/mol. The quantitative estimate of drug-likeness (QED) is 0.790. The topological polar surface area (TPSA) is 87.1 Å². The van der Waals surface area contributed by atoms with Crippen LogP contribution in [0.2, 0.25) is 5.02 Å². The molecule has 7 heteroatoms. The number of ether oxygens (including phenoxy) is 1. The molecule has 1 aromatic rings. The molecule has 0 spiro atoms. The fourth-order valence-electron chi connectivity index (χ4n) is 2.51. The van der Waals surface area contributed by atoms with Crippen molar-refractivity contribution in [3.8, 4) is 5.75 Å². The molecule has 0 unspecified atom stereocenters. The van der Waals surface area contributed by atoms with Crippen molar-refractivity contribution in [2.24, 2.45) is 0 Å². The van der Waals surface area contributed by atoms with E-state index in [0.717, 1.165) is 23.9 Å². The Bertz CT molecular complexity index is 580. The van der Waals surface area contributed by atoms with Gasteiger partial charge in [0.25, 0.3) is 0 Å². The van der Waals surface area contributed by atoms with Crippen molar-refractivity contribution in [3.05, 3.63) is 28.8 Å². The predicted molar refractivity (Wildman–Crippen MR) is 96.6 cm³/mol. The molecule has 0 atom stereocenters. The van der Waals surface area contributed by atoms with Gasteiger partial charge in [0.15, 0.2) is 0 Å². The van der Waals surface area contributed by atoms with Crippen molar-refractivity contribution in [1.82, 2.24) is 4.90 Å². The zero-order chi connectivity index (χ0) is 19.0. The molecule has 140 valence electrons. The van der Waals surface area contributed by atoms with Crippen LogP contribution in [0.15, 0.2) is 18.2 Å². The zero-order valence-corrected chi connectivity index (χ0v) is 15.7. The molecule has 0 saturated carbocycles. The number of rotatable bonds is 4. The highest BCUT2D eigenvalue weighted by molar-refractivity contribution is 6.30. The van der Waals surface area contributed by atoms with E-state index in [1.165, 1.54) is 31.5 Å². The van der Waals surface area contributed by atoms with Crippen LogP contribution < -0.4 is 4.74 Å². The number of carbonyl (C=O) groups is 2. The average Bonchev–Trinajstić information content (AvgIpc) is 3.01. The summed E-state index contributed by atoms with van der Waals surface area (Å²) in [4.78, 5) is 20.7. The van der Waals surface area contributed by atoms with E-state index in [9.17, 15) is 0 Å². The molecule has 1 aliphatic rings. The number of hydrogen-bond acceptors (Lipinski definition) is 4. The zero-order valence-electron chi connectivity index (χ0n) is 14.9. The Morgan fingerprint density at radius 3 is 2.20 bits per heavy atom. The molecular weight excluding hydrogens is 346 g/mol. The molecule has 6 nitrogen and oxygen atoms in total. The normalized spacial score (nSPS) is 14.6. The molecule has 1 aromatic carbocycles. The standard InChI is InChI=1S/C16H24ClNO.C2H2O4/c1-16(2,3)14-12-13(17)6-7-15(14)19-11-10-18-8-4-5-9-18;3-1(4)2(5)6/h6-7,12H,4-5,8-11H2,1-3H3;(H,3,4)(H,5,6). The van der Waals surface area contributed by atoms with Gasteiger partial charge in [0.05, 0.1) is 0 Å². The molecule has 1 aliphatic heterocycles. The summed E-state index contributed by atoms with van der Waals surface area (Å²) in [6.45, 7) is 10.8. The summed E-state index contributed by atoms with van der Waals surface area (Å²) in [7, 11) is 0. The van der Waals surface area contributed by atoms with Gasteiger partial charge in [-0.3, -0.25) is 4.90 Å². The summed E-state index contributed by atoms with van der Waals surface area (Å²) >= 11 is 6.10. The second kappa shape index (κ2) is 9.63. The maximum absolute atomic E-state index is 9.10. The van der Waals surface area contributed by atoms with Crippen LogP contribution in [0.1, 0.15) is 39.2 Å². The maximum Gasteiger partial charge on any atom is 0.414 e. The first kappa shape index (κ1) is 21.3. The summed E-state index contributed by atoms with van der Waals surface area (Å²) in [5, 5.41) is 15.6. The number of halogens is 1. The predicted octanol–water partition coefficient (Wildman–Crippen LogP) is 3.27. The minimum Gasteiger partial charge on any atom is -0.492 e. The lowest BCUT2D eigenvalue weighted by atomic mass is 9.86. The second-order valence-corrected chi connectivity index (χ2v) is 7.33. The largest absolute Gasteiger partial charge is 0.492 e. The van der Waals surface area contributed by atoms with Crippen LogP contribution >= 0.6 is 11.6 Å². The molecule has 0 amide bonds. The van der Waals surface area contributed by atoms with Crippen LogP contribution in [0.4, 0.5) is 0 Å².